The fourth-order valence-electron chi connectivity index (χ4n) is 2.49. The van der Waals surface area contributed by atoms with Gasteiger partial charge >= 0.3 is 5.97 Å². The van der Waals surface area contributed by atoms with Crippen LogP contribution < -0.4 is 11.1 Å². The molecule has 10 nitrogen and oxygen atoms in total. The molecule has 4 N–H and O–H groups in total. The second-order valence-electron chi connectivity index (χ2n) is 5.32. The lowest BCUT2D eigenvalue weighted by molar-refractivity contribution is -0.150. The van der Waals surface area contributed by atoms with E-state index < -0.39 is 29.2 Å². The first kappa shape index (κ1) is 19.5. The van der Waals surface area contributed by atoms with Crippen LogP contribution in [0.4, 0.5) is 5.13 Å². The molecular formula is C14H15N5O5S3. The van der Waals surface area contributed by atoms with Crippen LogP contribution in [0.1, 0.15) is 5.69 Å². The maximum absolute atomic E-state index is 12.7. The fourth-order valence-corrected chi connectivity index (χ4v) is 4.39. The number of anilines is 1. The highest BCUT2D eigenvalue weighted by molar-refractivity contribution is 8.00. The molecule has 0 aromatic carbocycles. The zero-order valence-corrected chi connectivity index (χ0v) is 16.4. The van der Waals surface area contributed by atoms with E-state index in [1.165, 1.54) is 34.5 Å². The SMILES string of the molecule is CSCON=C(C(=O)NC1C(=O)N2C(C(=O)O)=CCS[C@@H]12)c1csc(N)n1. The fraction of sp³-hybridized carbons (Fsp3) is 0.357. The molecule has 27 heavy (non-hydrogen) atoms. The monoisotopic (exact) mass is 429 g/mol. The van der Waals surface area contributed by atoms with E-state index in [0.29, 0.717) is 5.75 Å². The van der Waals surface area contributed by atoms with Gasteiger partial charge in [-0.05, 0) is 12.3 Å². The molecule has 0 bridgehead atoms. The number of carboxylic acid groups (broad SMARTS) is 1. The van der Waals surface area contributed by atoms with Gasteiger partial charge in [0.2, 0.25) is 0 Å². The Bertz CT molecular complexity index is 839. The molecule has 3 rings (SSSR count). The third kappa shape index (κ3) is 3.89. The molecule has 1 fully saturated rings. The van der Waals surface area contributed by atoms with E-state index in [1.807, 2.05) is 6.26 Å². The van der Waals surface area contributed by atoms with E-state index in [0.717, 1.165) is 11.3 Å². The minimum absolute atomic E-state index is 0.0706. The summed E-state index contributed by atoms with van der Waals surface area (Å²) in [6.07, 6.45) is 3.28. The van der Waals surface area contributed by atoms with E-state index in [-0.39, 0.29) is 28.2 Å². The molecule has 1 saturated heterocycles. The van der Waals surface area contributed by atoms with Crippen LogP contribution in [0.3, 0.4) is 0 Å². The third-order valence-electron chi connectivity index (χ3n) is 3.66. The predicted octanol–water partition coefficient (Wildman–Crippen LogP) is 0.135. The Labute approximate surface area is 166 Å². The van der Waals surface area contributed by atoms with Crippen molar-refractivity contribution in [3.63, 3.8) is 0 Å². The Hall–Kier alpha value is -2.25. The summed E-state index contributed by atoms with van der Waals surface area (Å²) in [6, 6.07) is -0.854. The molecule has 2 aliphatic heterocycles. The molecule has 1 unspecified atom stereocenters. The summed E-state index contributed by atoms with van der Waals surface area (Å²) >= 11 is 3.88. The summed E-state index contributed by atoms with van der Waals surface area (Å²) < 4.78 is 0. The zero-order chi connectivity index (χ0) is 19.6. The third-order valence-corrected chi connectivity index (χ3v) is 5.86. The first-order valence-corrected chi connectivity index (χ1v) is 10.9. The molecule has 1 aromatic heterocycles. The predicted molar refractivity (Wildman–Crippen MR) is 103 cm³/mol. The molecule has 0 saturated carbocycles. The summed E-state index contributed by atoms with van der Waals surface area (Å²) in [6.45, 7) is 0. The van der Waals surface area contributed by atoms with Gasteiger partial charge in [0.25, 0.3) is 11.8 Å². The molecular weight excluding hydrogens is 414 g/mol. The molecule has 0 spiro atoms. The number of carbonyl (C=O) groups is 3. The van der Waals surface area contributed by atoms with Gasteiger partial charge in [-0.1, -0.05) is 5.16 Å². The van der Waals surface area contributed by atoms with E-state index in [4.69, 9.17) is 10.6 Å². The van der Waals surface area contributed by atoms with E-state index in [1.54, 1.807) is 5.38 Å². The van der Waals surface area contributed by atoms with E-state index >= 15 is 0 Å². The van der Waals surface area contributed by atoms with Gasteiger partial charge in [-0.25, -0.2) is 9.78 Å². The van der Waals surface area contributed by atoms with Crippen molar-refractivity contribution in [1.82, 2.24) is 15.2 Å². The Balaban J connectivity index is 1.75. The Morgan fingerprint density at radius 2 is 2.37 bits per heavy atom. The largest absolute Gasteiger partial charge is 0.477 e. The highest BCUT2D eigenvalue weighted by atomic mass is 32.2. The van der Waals surface area contributed by atoms with Crippen LogP contribution >= 0.6 is 34.9 Å². The number of carbonyl (C=O) groups excluding carboxylic acids is 2. The molecule has 0 radical (unpaired) electrons. The lowest BCUT2D eigenvalue weighted by atomic mass is 10.0. The van der Waals surface area contributed by atoms with Crippen LogP contribution in [0.15, 0.2) is 22.3 Å². The number of thiazole rings is 1. The van der Waals surface area contributed by atoms with Crippen molar-refractivity contribution in [2.45, 2.75) is 11.4 Å². The first-order valence-electron chi connectivity index (χ1n) is 7.53. The summed E-state index contributed by atoms with van der Waals surface area (Å²) in [5.74, 6) is -1.65. The number of nitrogens with zero attached hydrogens (tertiary/aromatic N) is 3. The average Bonchev–Trinajstić information content (AvgIpc) is 3.08. The van der Waals surface area contributed by atoms with Gasteiger partial charge in [-0.3, -0.25) is 14.5 Å². The van der Waals surface area contributed by atoms with Crippen molar-refractivity contribution in [2.24, 2.45) is 5.16 Å². The second kappa shape index (κ2) is 8.19. The van der Waals surface area contributed by atoms with Gasteiger partial charge in [0, 0.05) is 11.1 Å². The standard InChI is InChI=1S/C14H15N5O5S3/c1-25-5-24-18-8(6-4-27-14(15)16-6)10(20)17-9-11(21)19-7(13(22)23)2-3-26-12(9)19/h2,4,9,12H,3,5H2,1H3,(H2,15,16)(H,17,20)(H,22,23)/t9?,12-/m0/s1. The van der Waals surface area contributed by atoms with Gasteiger partial charge in [-0.15, -0.1) is 34.9 Å². The highest BCUT2D eigenvalue weighted by Gasteiger charge is 2.53. The normalized spacial score (nSPS) is 21.8. The summed E-state index contributed by atoms with van der Waals surface area (Å²) in [4.78, 5) is 46.5. The van der Waals surface area contributed by atoms with Crippen LogP contribution in [0.5, 0.6) is 0 Å². The second-order valence-corrected chi connectivity index (χ2v) is 8.18. The number of hydrogen-bond acceptors (Lipinski definition) is 10. The van der Waals surface area contributed by atoms with Crippen LogP contribution in [0.25, 0.3) is 0 Å². The lowest BCUT2D eigenvalue weighted by Gasteiger charge is -2.48. The van der Waals surface area contributed by atoms with Crippen LogP contribution in [0, 0.1) is 0 Å². The van der Waals surface area contributed by atoms with Gasteiger partial charge in [0.1, 0.15) is 22.8 Å². The first-order chi connectivity index (χ1) is 12.9. The molecule has 144 valence electrons. The molecule has 3 heterocycles. The summed E-state index contributed by atoms with van der Waals surface area (Å²) in [5.41, 5.74) is 5.68. The number of aromatic nitrogens is 1. The zero-order valence-electron chi connectivity index (χ0n) is 13.9. The van der Waals surface area contributed by atoms with Crippen molar-refractivity contribution < 1.29 is 24.3 Å². The van der Waals surface area contributed by atoms with Crippen LogP contribution in [0.2, 0.25) is 0 Å². The molecule has 2 atom stereocenters. The maximum Gasteiger partial charge on any atom is 0.352 e. The Morgan fingerprint density at radius 3 is 3.00 bits per heavy atom. The highest BCUT2D eigenvalue weighted by Crippen LogP contribution is 2.37. The summed E-state index contributed by atoms with van der Waals surface area (Å²) in [5, 5.41) is 16.9. The van der Waals surface area contributed by atoms with E-state index in [2.05, 4.69) is 15.5 Å². The topological polar surface area (TPSA) is 147 Å². The number of oxime groups is 1. The molecule has 0 aliphatic carbocycles. The average molecular weight is 430 g/mol. The van der Waals surface area contributed by atoms with Gasteiger partial charge < -0.3 is 21.0 Å². The number of β-lactam (4-membered cyclic amide) rings is 1. The number of nitrogens with one attached hydrogen (secondary N) is 1. The molecule has 2 aliphatic rings. The lowest BCUT2D eigenvalue weighted by Crippen LogP contribution is -2.70. The number of nitrogens with two attached hydrogens (primary N) is 1. The van der Waals surface area contributed by atoms with Crippen LogP contribution in [-0.2, 0) is 19.2 Å². The molecule has 1 aromatic rings. The number of carboxylic acids is 1. The smallest absolute Gasteiger partial charge is 0.352 e. The van der Waals surface area contributed by atoms with Crippen molar-refractivity contribution in [1.29, 1.82) is 0 Å². The van der Waals surface area contributed by atoms with Crippen molar-refractivity contribution in [2.75, 3.05) is 23.7 Å². The van der Waals surface area contributed by atoms with E-state index in [9.17, 15) is 19.5 Å². The number of rotatable bonds is 7. The number of aliphatic carboxylic acids is 1. The van der Waals surface area contributed by atoms with Gasteiger partial charge in [0.15, 0.2) is 16.8 Å². The van der Waals surface area contributed by atoms with Crippen molar-refractivity contribution in [3.05, 3.63) is 22.8 Å². The number of hydrogen-bond donors (Lipinski definition) is 3. The number of fused-ring (bicyclic) bond motifs is 1. The molecule has 2 amide bonds. The Morgan fingerprint density at radius 1 is 1.59 bits per heavy atom. The Kier molecular flexibility index (Phi) is 5.92. The van der Waals surface area contributed by atoms with Crippen LogP contribution in [-0.4, -0.2) is 67.8 Å². The number of nitrogen functional groups attached to an aromatic ring is 1. The quantitative estimate of drug-likeness (QED) is 0.181. The molecule has 13 heteroatoms. The minimum atomic E-state index is -1.18. The minimum Gasteiger partial charge on any atom is -0.477 e. The summed E-state index contributed by atoms with van der Waals surface area (Å²) in [7, 11) is 0. The number of thioether (sulfide) groups is 2. The maximum atomic E-state index is 12.7. The van der Waals surface area contributed by atoms with Gasteiger partial charge in [0.05, 0.1) is 0 Å². The van der Waals surface area contributed by atoms with Crippen molar-refractivity contribution in [3.8, 4) is 0 Å². The van der Waals surface area contributed by atoms with Gasteiger partial charge in [-0.2, -0.15) is 0 Å². The van der Waals surface area contributed by atoms with Crippen molar-refractivity contribution >= 4 is 63.5 Å². The number of amides is 2.